The van der Waals surface area contributed by atoms with Gasteiger partial charge in [-0.3, -0.25) is 9.89 Å². The Morgan fingerprint density at radius 1 is 1.02 bits per heavy atom. The molecule has 0 spiro atoms. The zero-order valence-corrected chi connectivity index (χ0v) is 26.0. The Kier molecular flexibility index (Phi) is 11.9. The molecule has 0 atom stereocenters. The van der Waals surface area contributed by atoms with Gasteiger partial charge >= 0.3 is 12.1 Å². The summed E-state index contributed by atoms with van der Waals surface area (Å²) in [6.07, 6.45) is 1.78. The number of halogens is 4. The van der Waals surface area contributed by atoms with E-state index in [1.165, 1.54) is 22.5 Å². The Balaban J connectivity index is 0.000000644. The molecule has 0 bridgehead atoms. The first-order valence-corrected chi connectivity index (χ1v) is 15.0. The average Bonchev–Trinajstić information content (AvgIpc) is 3.39. The van der Waals surface area contributed by atoms with Crippen molar-refractivity contribution in [1.82, 2.24) is 20.4 Å². The second-order valence-electron chi connectivity index (χ2n) is 11.1. The van der Waals surface area contributed by atoms with E-state index in [4.69, 9.17) is 14.6 Å². The van der Waals surface area contributed by atoms with Gasteiger partial charge in [0.25, 0.3) is 0 Å². The number of carboxylic acid groups (broad SMARTS) is 1. The largest absolute Gasteiger partial charge is 0.492 e. The maximum absolute atomic E-state index is 14.5. The van der Waals surface area contributed by atoms with Gasteiger partial charge in [-0.2, -0.15) is 17.6 Å². The number of alkyl halides is 3. The predicted octanol–water partition coefficient (Wildman–Crippen LogP) is 6.71. The van der Waals surface area contributed by atoms with Crippen molar-refractivity contribution in [3.63, 3.8) is 0 Å². The minimum atomic E-state index is -5.08. The summed E-state index contributed by atoms with van der Waals surface area (Å²) in [5, 5.41) is 17.4. The number of amides is 1. The van der Waals surface area contributed by atoms with Gasteiger partial charge in [-0.1, -0.05) is 61.0 Å². The number of aliphatic carboxylic acids is 1. The van der Waals surface area contributed by atoms with Gasteiger partial charge in [-0.05, 0) is 70.9 Å². The van der Waals surface area contributed by atoms with Crippen LogP contribution in [0.2, 0.25) is 0 Å². The number of likely N-dealkylation sites (N-methyl/N-ethyl adjacent to an activating group) is 1. The number of carboxylic acids is 1. The van der Waals surface area contributed by atoms with E-state index in [1.807, 2.05) is 42.5 Å². The van der Waals surface area contributed by atoms with Gasteiger partial charge < -0.3 is 20.1 Å². The summed E-state index contributed by atoms with van der Waals surface area (Å²) in [6.45, 7) is 1.76. The fraction of sp³-hybridized carbons (Fsp3) is 0.286. The average molecular weight is 653 g/mol. The number of carbonyl (C=O) groups is 2. The molecule has 1 amide bonds. The Hall–Kier alpha value is -4.97. The van der Waals surface area contributed by atoms with E-state index in [9.17, 15) is 22.4 Å². The molecule has 3 aromatic carbocycles. The SMILES string of the molecule is CN(C)C(=O)/C=C/CNCCOc1ccc(/C(=C(\c2ccccc2)C2CCC2)c2ccc3[nH]nc(F)c3c2)cc1.O=C(O)C(F)(F)F. The molecule has 8 nitrogen and oxygen atoms in total. The third kappa shape index (κ3) is 9.52. The van der Waals surface area contributed by atoms with Crippen LogP contribution in [-0.2, 0) is 9.59 Å². The van der Waals surface area contributed by atoms with Crippen molar-refractivity contribution in [3.05, 3.63) is 108 Å². The number of aromatic amines is 1. The van der Waals surface area contributed by atoms with E-state index >= 15 is 0 Å². The van der Waals surface area contributed by atoms with Crippen LogP contribution in [0.4, 0.5) is 17.6 Å². The monoisotopic (exact) mass is 652 g/mol. The predicted molar refractivity (Wildman–Crippen MR) is 172 cm³/mol. The lowest BCUT2D eigenvalue weighted by Crippen LogP contribution is -2.22. The number of fused-ring (bicyclic) bond motifs is 1. The van der Waals surface area contributed by atoms with Crippen LogP contribution in [-0.4, -0.2) is 72.0 Å². The highest BCUT2D eigenvalue weighted by molar-refractivity contribution is 6.01. The number of hydrogen-bond donors (Lipinski definition) is 3. The quantitative estimate of drug-likeness (QED) is 0.0720. The number of nitrogens with zero attached hydrogens (tertiary/aromatic N) is 2. The fourth-order valence-electron chi connectivity index (χ4n) is 4.97. The fourth-order valence-corrected chi connectivity index (χ4v) is 4.97. The van der Waals surface area contributed by atoms with Crippen molar-refractivity contribution in [2.24, 2.45) is 5.92 Å². The van der Waals surface area contributed by atoms with Crippen LogP contribution in [0.25, 0.3) is 22.0 Å². The summed E-state index contributed by atoms with van der Waals surface area (Å²) >= 11 is 0. The van der Waals surface area contributed by atoms with Gasteiger partial charge in [0.2, 0.25) is 11.9 Å². The maximum Gasteiger partial charge on any atom is 0.490 e. The minimum absolute atomic E-state index is 0.0332. The topological polar surface area (TPSA) is 108 Å². The van der Waals surface area contributed by atoms with Gasteiger partial charge in [-0.25, -0.2) is 4.79 Å². The summed E-state index contributed by atoms with van der Waals surface area (Å²) in [7, 11) is 3.46. The van der Waals surface area contributed by atoms with E-state index in [1.54, 1.807) is 20.2 Å². The third-order valence-corrected chi connectivity index (χ3v) is 7.57. The molecule has 3 N–H and O–H groups in total. The van der Waals surface area contributed by atoms with Crippen LogP contribution >= 0.6 is 0 Å². The molecule has 248 valence electrons. The minimum Gasteiger partial charge on any atom is -0.492 e. The smallest absolute Gasteiger partial charge is 0.490 e. The highest BCUT2D eigenvalue weighted by Crippen LogP contribution is 2.45. The van der Waals surface area contributed by atoms with Crippen LogP contribution in [0, 0.1) is 11.9 Å². The first-order valence-electron chi connectivity index (χ1n) is 15.0. The second kappa shape index (κ2) is 16.0. The van der Waals surface area contributed by atoms with Gasteiger partial charge in [0.05, 0.1) is 10.9 Å². The highest BCUT2D eigenvalue weighted by Gasteiger charge is 2.38. The third-order valence-electron chi connectivity index (χ3n) is 7.57. The molecule has 0 saturated heterocycles. The first-order chi connectivity index (χ1) is 22.5. The van der Waals surface area contributed by atoms with Crippen LogP contribution in [0.5, 0.6) is 5.75 Å². The summed E-state index contributed by atoms with van der Waals surface area (Å²) in [6, 6.07) is 24.5. The molecule has 0 unspecified atom stereocenters. The molecule has 12 heteroatoms. The maximum atomic E-state index is 14.5. The lowest BCUT2D eigenvalue weighted by Gasteiger charge is -2.31. The van der Waals surface area contributed by atoms with Crippen molar-refractivity contribution in [1.29, 1.82) is 0 Å². The lowest BCUT2D eigenvalue weighted by molar-refractivity contribution is -0.192. The zero-order valence-electron chi connectivity index (χ0n) is 26.0. The Labute approximate surface area is 269 Å². The molecule has 5 rings (SSSR count). The van der Waals surface area contributed by atoms with Crippen LogP contribution in [0.3, 0.4) is 0 Å². The Bertz CT molecular complexity index is 1710. The molecule has 1 aliphatic carbocycles. The number of H-pyrrole nitrogens is 1. The number of aromatic nitrogens is 2. The number of nitrogens with one attached hydrogen (secondary N) is 2. The molecule has 0 aliphatic heterocycles. The summed E-state index contributed by atoms with van der Waals surface area (Å²) < 4.78 is 52.2. The summed E-state index contributed by atoms with van der Waals surface area (Å²) in [5.74, 6) is -2.05. The molecule has 4 aromatic rings. The van der Waals surface area contributed by atoms with E-state index in [2.05, 4.69) is 51.9 Å². The number of allylic oxidation sites excluding steroid dienone is 1. The Morgan fingerprint density at radius 3 is 2.28 bits per heavy atom. The molecule has 1 aromatic heterocycles. The van der Waals surface area contributed by atoms with Crippen LogP contribution in [0.1, 0.15) is 36.0 Å². The molecule has 1 heterocycles. The van der Waals surface area contributed by atoms with Crippen molar-refractivity contribution < 1.29 is 37.0 Å². The highest BCUT2D eigenvalue weighted by atomic mass is 19.4. The normalized spacial score (nSPS) is 13.8. The van der Waals surface area contributed by atoms with Crippen LogP contribution < -0.4 is 10.1 Å². The number of ether oxygens (including phenoxy) is 1. The van der Waals surface area contributed by atoms with Gasteiger partial charge in [0.15, 0.2) is 0 Å². The molecule has 1 fully saturated rings. The molecular formula is C35H36F4N4O4. The van der Waals surface area contributed by atoms with Crippen molar-refractivity contribution >= 4 is 33.9 Å². The standard InChI is InChI=1S/C33H35FN4O2.C2HF3O2/c1-38(2)30(39)12-7-19-35-20-21-40-27-16-13-25(14-17-27)32(26-15-18-29-28(22-26)33(34)37-36-29)31(24-10-6-11-24)23-8-4-3-5-9-23;3-2(4,5)1(6)7/h3-5,7-9,12-18,22,24,35H,6,10-11,19-21H2,1-2H3,(H,36,37);(H,6,7)/b12-7+,32-31-;. The van der Waals surface area contributed by atoms with Crippen molar-refractivity contribution in [2.45, 2.75) is 25.4 Å². The first kappa shape index (κ1) is 34.9. The lowest BCUT2D eigenvalue weighted by atomic mass is 9.73. The molecule has 1 aliphatic rings. The number of hydrogen-bond acceptors (Lipinski definition) is 5. The Morgan fingerprint density at radius 2 is 1.68 bits per heavy atom. The van der Waals surface area contributed by atoms with Crippen molar-refractivity contribution in [3.8, 4) is 5.75 Å². The number of benzene rings is 3. The summed E-state index contributed by atoms with van der Waals surface area (Å²) in [5.41, 5.74) is 6.33. The van der Waals surface area contributed by atoms with E-state index in [-0.39, 0.29) is 5.91 Å². The van der Waals surface area contributed by atoms with Gasteiger partial charge in [0, 0.05) is 33.3 Å². The molecule has 0 radical (unpaired) electrons. The number of carbonyl (C=O) groups excluding carboxylic acids is 1. The number of rotatable bonds is 11. The van der Waals surface area contributed by atoms with Gasteiger partial charge in [0.1, 0.15) is 12.4 Å². The van der Waals surface area contributed by atoms with E-state index in [0.717, 1.165) is 35.3 Å². The van der Waals surface area contributed by atoms with Gasteiger partial charge in [-0.15, -0.1) is 5.10 Å². The van der Waals surface area contributed by atoms with E-state index in [0.29, 0.717) is 36.5 Å². The van der Waals surface area contributed by atoms with Crippen molar-refractivity contribution in [2.75, 3.05) is 33.8 Å². The summed E-state index contributed by atoms with van der Waals surface area (Å²) in [4.78, 5) is 22.0. The molecular weight excluding hydrogens is 616 g/mol. The molecule has 47 heavy (non-hydrogen) atoms. The zero-order chi connectivity index (χ0) is 34.0. The van der Waals surface area contributed by atoms with Crippen LogP contribution in [0.15, 0.2) is 84.9 Å². The van der Waals surface area contributed by atoms with E-state index < -0.39 is 18.1 Å². The second-order valence-corrected chi connectivity index (χ2v) is 11.1. The molecule has 1 saturated carbocycles.